The first kappa shape index (κ1) is 19.8. The lowest BCUT2D eigenvalue weighted by Crippen LogP contribution is -2.44. The van der Waals surface area contributed by atoms with Gasteiger partial charge in [-0.1, -0.05) is 28.1 Å². The monoisotopic (exact) mass is 444 g/mol. The molecule has 0 aliphatic carbocycles. The highest BCUT2D eigenvalue weighted by atomic mass is 79.9. The van der Waals surface area contributed by atoms with Crippen molar-refractivity contribution in [3.05, 3.63) is 34.3 Å². The fourth-order valence-electron chi connectivity index (χ4n) is 3.49. The summed E-state index contributed by atoms with van der Waals surface area (Å²) < 4.78 is 33.2. The Hall–Kier alpha value is -0.960. The van der Waals surface area contributed by atoms with E-state index in [1.54, 1.807) is 0 Å². The number of amides is 1. The average Bonchev–Trinajstić information content (AvgIpc) is 3.13. The molecule has 0 bridgehead atoms. The van der Waals surface area contributed by atoms with E-state index >= 15 is 0 Å². The molecule has 0 radical (unpaired) electrons. The van der Waals surface area contributed by atoms with Gasteiger partial charge in [0.2, 0.25) is 15.9 Å². The number of sulfonamides is 1. The van der Waals surface area contributed by atoms with Gasteiger partial charge in [0.25, 0.3) is 0 Å². The highest BCUT2D eigenvalue weighted by molar-refractivity contribution is 9.10. The van der Waals surface area contributed by atoms with Crippen molar-refractivity contribution < 1.29 is 17.9 Å². The van der Waals surface area contributed by atoms with Gasteiger partial charge >= 0.3 is 0 Å². The Morgan fingerprint density at radius 3 is 2.69 bits per heavy atom. The second kappa shape index (κ2) is 8.82. The number of hydrogen-bond acceptors (Lipinski definition) is 4. The average molecular weight is 445 g/mol. The number of nitrogens with zero attached hydrogens (tertiary/aromatic N) is 1. The Balaban J connectivity index is 1.48. The van der Waals surface area contributed by atoms with Gasteiger partial charge in [0.1, 0.15) is 0 Å². The number of halogens is 1. The Morgan fingerprint density at radius 1 is 1.27 bits per heavy atom. The number of ether oxygens (including phenoxy) is 1. The fourth-order valence-corrected chi connectivity index (χ4v) is 5.49. The normalized spacial score (nSPS) is 22.4. The number of rotatable bonds is 6. The fraction of sp³-hybridized carbons (Fsp3) is 0.611. The van der Waals surface area contributed by atoms with Gasteiger partial charge in [-0.3, -0.25) is 4.79 Å². The van der Waals surface area contributed by atoms with Crippen LogP contribution in [0.15, 0.2) is 28.7 Å². The standard InChI is InChI=1S/C18H25BrN2O4S/c19-16-4-1-3-14(11-16)13-26(23,24)21-8-6-15(7-9-21)18(22)20-12-17-5-2-10-25-17/h1,3-4,11,15,17H,2,5-10,12-13H2,(H,20,22)/t17-/m1/s1. The SMILES string of the molecule is O=C(NC[C@H]1CCCO1)C1CCN(S(=O)(=O)Cc2cccc(Br)c2)CC1. The highest BCUT2D eigenvalue weighted by Crippen LogP contribution is 2.23. The lowest BCUT2D eigenvalue weighted by atomic mass is 9.97. The van der Waals surface area contributed by atoms with Gasteiger partial charge in [-0.25, -0.2) is 12.7 Å². The summed E-state index contributed by atoms with van der Waals surface area (Å²) in [5.41, 5.74) is 0.760. The van der Waals surface area contributed by atoms with Gasteiger partial charge in [0.05, 0.1) is 11.9 Å². The smallest absolute Gasteiger partial charge is 0.223 e. The Bertz CT molecular complexity index is 726. The Kier molecular flexibility index (Phi) is 6.71. The minimum Gasteiger partial charge on any atom is -0.376 e. The molecule has 26 heavy (non-hydrogen) atoms. The van der Waals surface area contributed by atoms with Crippen LogP contribution in [0.2, 0.25) is 0 Å². The summed E-state index contributed by atoms with van der Waals surface area (Å²) in [5.74, 6) is -0.110. The van der Waals surface area contributed by atoms with Crippen LogP contribution in [0.1, 0.15) is 31.2 Å². The highest BCUT2D eigenvalue weighted by Gasteiger charge is 2.31. The molecule has 1 aromatic carbocycles. The summed E-state index contributed by atoms with van der Waals surface area (Å²) in [7, 11) is -3.37. The van der Waals surface area contributed by atoms with Crippen LogP contribution in [-0.2, 0) is 25.3 Å². The molecule has 3 rings (SSSR count). The molecule has 0 aromatic heterocycles. The van der Waals surface area contributed by atoms with Gasteiger partial charge in [0, 0.05) is 36.6 Å². The third-order valence-corrected chi connectivity index (χ3v) is 7.33. The van der Waals surface area contributed by atoms with Crippen molar-refractivity contribution in [2.24, 2.45) is 5.92 Å². The van der Waals surface area contributed by atoms with E-state index in [1.165, 1.54) is 4.31 Å². The molecule has 0 spiro atoms. The van der Waals surface area contributed by atoms with Crippen LogP contribution in [0.4, 0.5) is 0 Å². The molecule has 144 valence electrons. The van der Waals surface area contributed by atoms with Crippen LogP contribution in [-0.4, -0.2) is 51.0 Å². The summed E-state index contributed by atoms with van der Waals surface area (Å²) in [6.45, 7) is 2.12. The van der Waals surface area contributed by atoms with Gasteiger partial charge in [-0.2, -0.15) is 0 Å². The number of piperidine rings is 1. The Morgan fingerprint density at radius 2 is 2.04 bits per heavy atom. The third-order valence-electron chi connectivity index (χ3n) is 4.98. The number of carbonyl (C=O) groups is 1. The van der Waals surface area contributed by atoms with Crippen LogP contribution < -0.4 is 5.32 Å². The molecule has 1 amide bonds. The lowest BCUT2D eigenvalue weighted by molar-refractivity contribution is -0.126. The predicted octanol–water partition coefficient (Wildman–Crippen LogP) is 2.29. The zero-order chi connectivity index (χ0) is 18.6. The minimum atomic E-state index is -3.37. The van der Waals surface area contributed by atoms with Crippen molar-refractivity contribution in [1.82, 2.24) is 9.62 Å². The van der Waals surface area contributed by atoms with Gasteiger partial charge < -0.3 is 10.1 Å². The van der Waals surface area contributed by atoms with Gasteiger partial charge in [-0.05, 0) is 43.4 Å². The molecule has 1 atom stereocenters. The molecule has 8 heteroatoms. The zero-order valence-corrected chi connectivity index (χ0v) is 17.1. The maximum atomic E-state index is 12.6. The number of carbonyl (C=O) groups excluding carboxylic acids is 1. The largest absolute Gasteiger partial charge is 0.376 e. The molecular formula is C18H25BrN2O4S. The van der Waals surface area contributed by atoms with Gasteiger partial charge in [-0.15, -0.1) is 0 Å². The molecule has 2 fully saturated rings. The first-order chi connectivity index (χ1) is 12.4. The van der Waals surface area contributed by atoms with E-state index in [0.29, 0.717) is 32.5 Å². The first-order valence-corrected chi connectivity index (χ1v) is 11.5. The maximum absolute atomic E-state index is 12.6. The second-order valence-corrected chi connectivity index (χ2v) is 9.82. The van der Waals surface area contributed by atoms with E-state index in [1.807, 2.05) is 24.3 Å². The van der Waals surface area contributed by atoms with Crippen molar-refractivity contribution in [3.8, 4) is 0 Å². The quantitative estimate of drug-likeness (QED) is 0.729. The van der Waals surface area contributed by atoms with Crippen LogP contribution in [0.25, 0.3) is 0 Å². The van der Waals surface area contributed by atoms with Gasteiger partial charge in [0.15, 0.2) is 0 Å². The third kappa shape index (κ3) is 5.28. The molecule has 2 aliphatic rings. The molecule has 2 saturated heterocycles. The number of hydrogen-bond donors (Lipinski definition) is 1. The lowest BCUT2D eigenvalue weighted by Gasteiger charge is -2.30. The number of nitrogens with one attached hydrogen (secondary N) is 1. The van der Waals surface area contributed by atoms with Crippen molar-refractivity contribution in [3.63, 3.8) is 0 Å². The molecule has 6 nitrogen and oxygen atoms in total. The van der Waals surface area contributed by atoms with E-state index in [-0.39, 0.29) is 23.7 Å². The molecular weight excluding hydrogens is 420 g/mol. The van der Waals surface area contributed by atoms with Crippen LogP contribution in [0.3, 0.4) is 0 Å². The Labute approximate surface area is 163 Å². The number of benzene rings is 1. The zero-order valence-electron chi connectivity index (χ0n) is 14.7. The van der Waals surface area contributed by atoms with Crippen molar-refractivity contribution in [2.75, 3.05) is 26.2 Å². The molecule has 0 unspecified atom stereocenters. The molecule has 2 aliphatic heterocycles. The molecule has 0 saturated carbocycles. The first-order valence-electron chi connectivity index (χ1n) is 9.05. The van der Waals surface area contributed by atoms with E-state index < -0.39 is 10.0 Å². The summed E-state index contributed by atoms with van der Waals surface area (Å²) in [4.78, 5) is 12.3. The summed E-state index contributed by atoms with van der Waals surface area (Å²) >= 11 is 3.37. The van der Waals surface area contributed by atoms with E-state index in [4.69, 9.17) is 4.74 Å². The maximum Gasteiger partial charge on any atom is 0.223 e. The molecule has 2 heterocycles. The van der Waals surface area contributed by atoms with E-state index in [9.17, 15) is 13.2 Å². The summed E-state index contributed by atoms with van der Waals surface area (Å²) in [5, 5.41) is 2.96. The molecule has 1 N–H and O–H groups in total. The van der Waals surface area contributed by atoms with Crippen LogP contribution >= 0.6 is 15.9 Å². The van der Waals surface area contributed by atoms with E-state index in [0.717, 1.165) is 29.5 Å². The topological polar surface area (TPSA) is 75.7 Å². The summed E-state index contributed by atoms with van der Waals surface area (Å²) in [6.07, 6.45) is 3.30. The second-order valence-electron chi connectivity index (χ2n) is 6.94. The van der Waals surface area contributed by atoms with Crippen molar-refractivity contribution in [2.45, 2.75) is 37.5 Å². The predicted molar refractivity (Wildman–Crippen MR) is 103 cm³/mol. The van der Waals surface area contributed by atoms with Crippen LogP contribution in [0.5, 0.6) is 0 Å². The molecule has 1 aromatic rings. The minimum absolute atomic E-state index is 0.0116. The summed E-state index contributed by atoms with van der Waals surface area (Å²) in [6, 6.07) is 7.34. The van der Waals surface area contributed by atoms with Crippen LogP contribution in [0, 0.1) is 5.92 Å². The van der Waals surface area contributed by atoms with Crippen molar-refractivity contribution >= 4 is 31.9 Å². The van der Waals surface area contributed by atoms with Crippen molar-refractivity contribution in [1.29, 1.82) is 0 Å². The van der Waals surface area contributed by atoms with E-state index in [2.05, 4.69) is 21.2 Å².